The van der Waals surface area contributed by atoms with Crippen molar-refractivity contribution in [3.8, 4) is 0 Å². The van der Waals surface area contributed by atoms with Crippen molar-refractivity contribution >= 4 is 23.0 Å². The van der Waals surface area contributed by atoms with E-state index in [9.17, 15) is 5.11 Å². The highest BCUT2D eigenvalue weighted by atomic mass is 32.1. The number of aromatic nitrogens is 2. The normalized spacial score (nSPS) is 19.9. The van der Waals surface area contributed by atoms with Gasteiger partial charge in [-0.15, -0.1) is 0 Å². The second-order valence-corrected chi connectivity index (χ2v) is 4.88. The van der Waals surface area contributed by atoms with Gasteiger partial charge in [0.15, 0.2) is 0 Å². The minimum absolute atomic E-state index is 0.151. The lowest BCUT2D eigenvalue weighted by Gasteiger charge is -2.26. The molecule has 1 atom stereocenters. The summed E-state index contributed by atoms with van der Waals surface area (Å²) in [6.45, 7) is 2.98. The summed E-state index contributed by atoms with van der Waals surface area (Å²) in [5, 5.41) is 13.8. The first kappa shape index (κ1) is 12.3. The van der Waals surface area contributed by atoms with E-state index in [1.165, 1.54) is 0 Å². The van der Waals surface area contributed by atoms with Crippen LogP contribution in [0.2, 0.25) is 0 Å². The molecule has 2 rings (SSSR count). The van der Waals surface area contributed by atoms with Gasteiger partial charge in [-0.1, -0.05) is 12.2 Å². The fourth-order valence-corrected chi connectivity index (χ4v) is 2.81. The third-order valence-corrected chi connectivity index (χ3v) is 3.50. The largest absolute Gasteiger partial charge is 0.394 e. The number of aliphatic hydroxyl groups is 1. The number of hydrogen-bond acceptors (Lipinski definition) is 4. The van der Waals surface area contributed by atoms with Crippen molar-refractivity contribution in [2.24, 2.45) is 12.8 Å². The van der Waals surface area contributed by atoms with Crippen molar-refractivity contribution in [1.29, 1.82) is 0 Å². The topological polar surface area (TPSA) is 67.3 Å². The molecule has 1 fully saturated rings. The number of hydrogen-bond donors (Lipinski definition) is 2. The van der Waals surface area contributed by atoms with E-state index in [-0.39, 0.29) is 12.6 Å². The van der Waals surface area contributed by atoms with Gasteiger partial charge < -0.3 is 15.7 Å². The van der Waals surface area contributed by atoms with Crippen LogP contribution in [0.3, 0.4) is 0 Å². The Morgan fingerprint density at radius 2 is 2.35 bits per heavy atom. The number of aliphatic hydroxyl groups excluding tert-OH is 1. The molecule has 0 amide bonds. The molecule has 1 aromatic heterocycles. The van der Waals surface area contributed by atoms with Crippen LogP contribution < -0.4 is 10.6 Å². The highest BCUT2D eigenvalue weighted by molar-refractivity contribution is 7.80. The molecule has 17 heavy (non-hydrogen) atoms. The lowest BCUT2D eigenvalue weighted by molar-refractivity contribution is 0.265. The van der Waals surface area contributed by atoms with E-state index in [1.807, 2.05) is 14.0 Å². The van der Waals surface area contributed by atoms with Crippen LogP contribution >= 0.6 is 12.2 Å². The van der Waals surface area contributed by atoms with E-state index in [0.717, 1.165) is 36.5 Å². The first-order valence-electron chi connectivity index (χ1n) is 5.77. The van der Waals surface area contributed by atoms with Crippen molar-refractivity contribution < 1.29 is 5.11 Å². The van der Waals surface area contributed by atoms with Gasteiger partial charge in [0.25, 0.3) is 0 Å². The molecule has 1 aliphatic heterocycles. The molecule has 94 valence electrons. The number of thiocarbonyl (C=S) groups is 1. The maximum Gasteiger partial charge on any atom is 0.137 e. The summed E-state index contributed by atoms with van der Waals surface area (Å²) in [5.41, 5.74) is 7.45. The van der Waals surface area contributed by atoms with Gasteiger partial charge in [0.05, 0.1) is 23.9 Å². The molecule has 0 spiro atoms. The van der Waals surface area contributed by atoms with Crippen LogP contribution in [0.4, 0.5) is 5.82 Å². The second kappa shape index (κ2) is 4.62. The lowest BCUT2D eigenvalue weighted by Crippen LogP contribution is -2.35. The van der Waals surface area contributed by atoms with Crippen LogP contribution in [-0.4, -0.2) is 39.1 Å². The van der Waals surface area contributed by atoms with E-state index < -0.39 is 0 Å². The van der Waals surface area contributed by atoms with Crippen LogP contribution in [0, 0.1) is 6.92 Å². The van der Waals surface area contributed by atoms with Gasteiger partial charge in [0.1, 0.15) is 10.8 Å². The summed E-state index contributed by atoms with van der Waals surface area (Å²) in [5.74, 6) is 0.937. The fourth-order valence-electron chi connectivity index (χ4n) is 2.57. The number of nitrogens with two attached hydrogens (primary N) is 1. The zero-order chi connectivity index (χ0) is 12.6. The number of rotatable bonds is 3. The molecule has 0 saturated carbocycles. The van der Waals surface area contributed by atoms with Gasteiger partial charge in [-0.25, -0.2) is 0 Å². The van der Waals surface area contributed by atoms with Gasteiger partial charge in [0.2, 0.25) is 0 Å². The van der Waals surface area contributed by atoms with Crippen molar-refractivity contribution in [3.63, 3.8) is 0 Å². The molecule has 1 aromatic rings. The Morgan fingerprint density at radius 1 is 1.65 bits per heavy atom. The number of aryl methyl sites for hydroxylation is 2. The second-order valence-electron chi connectivity index (χ2n) is 4.44. The average molecular weight is 254 g/mol. The molecule has 0 radical (unpaired) electrons. The fraction of sp³-hybridized carbons (Fsp3) is 0.636. The van der Waals surface area contributed by atoms with Crippen LogP contribution in [-0.2, 0) is 7.05 Å². The Hall–Kier alpha value is -1.14. The van der Waals surface area contributed by atoms with Gasteiger partial charge in [-0.05, 0) is 19.8 Å². The zero-order valence-corrected chi connectivity index (χ0v) is 11.0. The summed E-state index contributed by atoms with van der Waals surface area (Å²) in [6.07, 6.45) is 2.07. The van der Waals surface area contributed by atoms with Crippen molar-refractivity contribution in [1.82, 2.24) is 9.78 Å². The summed E-state index contributed by atoms with van der Waals surface area (Å²) in [4.78, 5) is 2.53. The molecule has 0 aliphatic carbocycles. The SMILES string of the molecule is Cc1nn(C)c(N2CCCC2CO)c1C(N)=S. The summed E-state index contributed by atoms with van der Waals surface area (Å²) in [6, 6.07) is 0.151. The predicted molar refractivity (Wildman–Crippen MR) is 71.3 cm³/mol. The van der Waals surface area contributed by atoms with E-state index >= 15 is 0 Å². The molecule has 1 saturated heterocycles. The minimum Gasteiger partial charge on any atom is -0.394 e. The first-order chi connectivity index (χ1) is 8.06. The number of anilines is 1. The van der Waals surface area contributed by atoms with Crippen molar-refractivity contribution in [2.45, 2.75) is 25.8 Å². The van der Waals surface area contributed by atoms with E-state index in [4.69, 9.17) is 18.0 Å². The molecule has 3 N–H and O–H groups in total. The third kappa shape index (κ3) is 2.02. The third-order valence-electron chi connectivity index (χ3n) is 3.30. The van der Waals surface area contributed by atoms with Gasteiger partial charge in [-0.3, -0.25) is 4.68 Å². The monoisotopic (exact) mass is 254 g/mol. The molecule has 2 heterocycles. The Morgan fingerprint density at radius 3 is 2.94 bits per heavy atom. The standard InChI is InChI=1S/C11H18N4OS/c1-7-9(10(12)17)11(14(2)13-7)15-5-3-4-8(15)6-16/h8,16H,3-6H2,1-2H3,(H2,12,17). The molecule has 0 bridgehead atoms. The molecular weight excluding hydrogens is 236 g/mol. The maximum atomic E-state index is 9.39. The maximum absolute atomic E-state index is 9.39. The van der Waals surface area contributed by atoms with Crippen LogP contribution in [0.5, 0.6) is 0 Å². The van der Waals surface area contributed by atoms with E-state index in [2.05, 4.69) is 10.00 Å². The van der Waals surface area contributed by atoms with Crippen molar-refractivity contribution in [2.75, 3.05) is 18.1 Å². The summed E-state index contributed by atoms with van der Waals surface area (Å²) >= 11 is 5.10. The van der Waals surface area contributed by atoms with Crippen LogP contribution in [0.1, 0.15) is 24.1 Å². The van der Waals surface area contributed by atoms with Gasteiger partial charge in [-0.2, -0.15) is 5.10 Å². The Labute approximate surface area is 106 Å². The van der Waals surface area contributed by atoms with E-state index in [0.29, 0.717) is 4.99 Å². The predicted octanol–water partition coefficient (Wildman–Crippen LogP) is 0.324. The Kier molecular flexibility index (Phi) is 3.35. The highest BCUT2D eigenvalue weighted by Crippen LogP contribution is 2.29. The molecule has 0 aromatic carbocycles. The quantitative estimate of drug-likeness (QED) is 0.761. The molecular formula is C11H18N4OS. The zero-order valence-electron chi connectivity index (χ0n) is 10.2. The minimum atomic E-state index is 0.151. The summed E-state index contributed by atoms with van der Waals surface area (Å²) < 4.78 is 1.80. The lowest BCUT2D eigenvalue weighted by atomic mass is 10.2. The Bertz CT molecular complexity index is 443. The molecule has 5 nitrogen and oxygen atoms in total. The van der Waals surface area contributed by atoms with E-state index in [1.54, 1.807) is 4.68 Å². The van der Waals surface area contributed by atoms with Crippen molar-refractivity contribution in [3.05, 3.63) is 11.3 Å². The van der Waals surface area contributed by atoms with Gasteiger partial charge in [0, 0.05) is 13.6 Å². The smallest absolute Gasteiger partial charge is 0.137 e. The molecule has 1 unspecified atom stereocenters. The molecule has 6 heteroatoms. The number of nitrogens with zero attached hydrogens (tertiary/aromatic N) is 3. The van der Waals surface area contributed by atoms with Gasteiger partial charge >= 0.3 is 0 Å². The summed E-state index contributed by atoms with van der Waals surface area (Å²) in [7, 11) is 1.89. The first-order valence-corrected chi connectivity index (χ1v) is 6.18. The van der Waals surface area contributed by atoms with Crippen LogP contribution in [0.15, 0.2) is 0 Å². The Balaban J connectivity index is 2.47. The molecule has 1 aliphatic rings. The highest BCUT2D eigenvalue weighted by Gasteiger charge is 2.30. The average Bonchev–Trinajstić information content (AvgIpc) is 2.81. The van der Waals surface area contributed by atoms with Crippen LogP contribution in [0.25, 0.3) is 0 Å².